The Hall–Kier alpha value is -0.780. The Bertz CT molecular complexity index is 575. The van der Waals surface area contributed by atoms with Gasteiger partial charge in [0.15, 0.2) is 6.04 Å². The van der Waals surface area contributed by atoms with E-state index in [1.807, 2.05) is 0 Å². The third kappa shape index (κ3) is 5.98. The number of esters is 1. The van der Waals surface area contributed by atoms with Gasteiger partial charge in [0.05, 0.1) is 21.4 Å². The lowest BCUT2D eigenvalue weighted by Gasteiger charge is -2.23. The summed E-state index contributed by atoms with van der Waals surface area (Å²) in [7, 11) is 2.85. The second-order valence-electron chi connectivity index (χ2n) is 5.62. The quantitative estimate of drug-likeness (QED) is 0.461. The minimum absolute atomic E-state index is 0.576. The number of hydrogen-bond donors (Lipinski definition) is 1. The molecule has 0 bridgehead atoms. The van der Waals surface area contributed by atoms with Crippen LogP contribution < -0.4 is 10.1 Å². The first kappa shape index (κ1) is 20.3. The number of carbonyl (C=O) groups excluding carboxylic acids is 2. The maximum atomic E-state index is 12.1. The minimum atomic E-state index is -0.956. The summed E-state index contributed by atoms with van der Waals surface area (Å²) in [6.07, 6.45) is -0.686. The Morgan fingerprint density at radius 1 is 1.13 bits per heavy atom. The number of alkyl carbamates (subject to hydrolysis) is 1. The lowest BCUT2D eigenvalue weighted by Crippen LogP contribution is -2.38. The fraction of sp³-hybridized carbons (Fsp3) is 0.467. The summed E-state index contributed by atoms with van der Waals surface area (Å²) < 4.78 is 16.9. The van der Waals surface area contributed by atoms with Crippen LogP contribution in [0, 0.1) is 7.14 Å². The normalized spacial score (nSPS) is 12.3. The number of nitrogens with one attached hydrogen (secondary N) is 1. The zero-order chi connectivity index (χ0) is 17.8. The number of methoxy groups -OCH3 is 2. The second-order valence-corrected chi connectivity index (χ2v) is 7.94. The van der Waals surface area contributed by atoms with Crippen molar-refractivity contribution in [2.75, 3.05) is 14.2 Å². The lowest BCUT2D eigenvalue weighted by atomic mass is 10.1. The molecule has 23 heavy (non-hydrogen) atoms. The molecule has 1 amide bonds. The summed E-state index contributed by atoms with van der Waals surface area (Å²) in [5, 5.41) is 2.55. The summed E-state index contributed by atoms with van der Waals surface area (Å²) in [6.45, 7) is 5.25. The topological polar surface area (TPSA) is 73.9 Å². The number of halogens is 2. The summed E-state index contributed by atoms with van der Waals surface area (Å²) in [5.41, 5.74) is -0.0645. The van der Waals surface area contributed by atoms with E-state index in [-0.39, 0.29) is 0 Å². The fourth-order valence-electron chi connectivity index (χ4n) is 1.76. The van der Waals surface area contributed by atoms with Crippen LogP contribution in [0.2, 0.25) is 0 Å². The molecule has 6 nitrogen and oxygen atoms in total. The van der Waals surface area contributed by atoms with Crippen LogP contribution in [0.15, 0.2) is 12.1 Å². The SMILES string of the molecule is COC(=O)[C@@H](NC(=O)OC(C)(C)C)c1cc(I)c(OC)c(I)c1. The molecule has 0 heterocycles. The first-order chi connectivity index (χ1) is 10.6. The molecule has 0 saturated carbocycles. The molecule has 0 radical (unpaired) electrons. The molecule has 1 rings (SSSR count). The smallest absolute Gasteiger partial charge is 0.408 e. The standard InChI is InChI=1S/C15H19I2NO5/c1-15(2,3)23-14(20)18-11(13(19)22-5)8-6-9(16)12(21-4)10(17)7-8/h6-7,11H,1-5H3,(H,18,20)/t11-/m0/s1. The van der Waals surface area contributed by atoms with Crippen molar-refractivity contribution in [1.82, 2.24) is 5.32 Å². The van der Waals surface area contributed by atoms with Crippen LogP contribution in [0.3, 0.4) is 0 Å². The van der Waals surface area contributed by atoms with Crippen molar-refractivity contribution in [3.05, 3.63) is 24.8 Å². The number of amides is 1. The third-order valence-corrected chi connectivity index (χ3v) is 4.26. The molecule has 0 aliphatic rings. The van der Waals surface area contributed by atoms with Gasteiger partial charge >= 0.3 is 12.1 Å². The van der Waals surface area contributed by atoms with Gasteiger partial charge in [-0.25, -0.2) is 9.59 Å². The molecule has 0 aliphatic carbocycles. The van der Waals surface area contributed by atoms with E-state index < -0.39 is 23.7 Å². The van der Waals surface area contributed by atoms with E-state index in [9.17, 15) is 9.59 Å². The van der Waals surface area contributed by atoms with Crippen LogP contribution in [-0.2, 0) is 14.3 Å². The van der Waals surface area contributed by atoms with E-state index in [1.165, 1.54) is 7.11 Å². The van der Waals surface area contributed by atoms with Crippen molar-refractivity contribution < 1.29 is 23.8 Å². The first-order valence-corrected chi connectivity index (χ1v) is 8.85. The Morgan fingerprint density at radius 3 is 2.04 bits per heavy atom. The molecule has 1 N–H and O–H groups in total. The Labute approximate surface area is 162 Å². The van der Waals surface area contributed by atoms with Gasteiger partial charge in [-0.1, -0.05) is 0 Å². The fourth-order valence-corrected chi connectivity index (χ4v) is 4.02. The average molecular weight is 547 g/mol. The maximum Gasteiger partial charge on any atom is 0.408 e. The summed E-state index contributed by atoms with van der Waals surface area (Å²) >= 11 is 4.22. The van der Waals surface area contributed by atoms with Gasteiger partial charge in [-0.2, -0.15) is 0 Å². The zero-order valence-electron chi connectivity index (χ0n) is 13.5. The number of benzene rings is 1. The Morgan fingerprint density at radius 2 is 1.65 bits per heavy atom. The van der Waals surface area contributed by atoms with Gasteiger partial charge in [-0.3, -0.25) is 0 Å². The maximum absolute atomic E-state index is 12.1. The highest BCUT2D eigenvalue weighted by molar-refractivity contribution is 14.1. The van der Waals surface area contributed by atoms with Gasteiger partial charge < -0.3 is 19.5 Å². The van der Waals surface area contributed by atoms with Gasteiger partial charge in [-0.15, -0.1) is 0 Å². The zero-order valence-corrected chi connectivity index (χ0v) is 17.8. The average Bonchev–Trinajstić information content (AvgIpc) is 2.41. The molecular weight excluding hydrogens is 528 g/mol. The molecule has 0 spiro atoms. The van der Waals surface area contributed by atoms with Crippen LogP contribution in [0.4, 0.5) is 4.79 Å². The predicted octanol–water partition coefficient (Wildman–Crippen LogP) is 3.64. The van der Waals surface area contributed by atoms with Gasteiger partial charge in [0.2, 0.25) is 0 Å². The number of ether oxygens (including phenoxy) is 3. The van der Waals surface area contributed by atoms with Crippen molar-refractivity contribution in [1.29, 1.82) is 0 Å². The van der Waals surface area contributed by atoms with Crippen molar-refractivity contribution in [2.24, 2.45) is 0 Å². The lowest BCUT2D eigenvalue weighted by molar-refractivity contribution is -0.143. The predicted molar refractivity (Wildman–Crippen MR) is 103 cm³/mol. The molecular formula is C15H19I2NO5. The summed E-state index contributed by atoms with van der Waals surface area (Å²) in [5.74, 6) is 0.142. The molecule has 0 saturated heterocycles. The highest BCUT2D eigenvalue weighted by atomic mass is 127. The van der Waals surface area contributed by atoms with Crippen LogP contribution in [0.5, 0.6) is 5.75 Å². The van der Waals surface area contributed by atoms with E-state index in [0.29, 0.717) is 5.56 Å². The summed E-state index contributed by atoms with van der Waals surface area (Å²) in [6, 6.07) is 2.57. The highest BCUT2D eigenvalue weighted by Crippen LogP contribution is 2.31. The summed E-state index contributed by atoms with van der Waals surface area (Å²) in [4.78, 5) is 24.0. The molecule has 0 fully saturated rings. The van der Waals surface area contributed by atoms with E-state index in [0.717, 1.165) is 12.9 Å². The molecule has 0 aliphatic heterocycles. The minimum Gasteiger partial charge on any atom is -0.495 e. The first-order valence-electron chi connectivity index (χ1n) is 6.69. The Kier molecular flexibility index (Phi) is 7.36. The van der Waals surface area contributed by atoms with Gasteiger partial charge in [0.1, 0.15) is 11.4 Å². The van der Waals surface area contributed by atoms with E-state index in [1.54, 1.807) is 40.0 Å². The van der Waals surface area contributed by atoms with Crippen LogP contribution >= 0.6 is 45.2 Å². The van der Waals surface area contributed by atoms with Gasteiger partial charge in [0, 0.05) is 0 Å². The van der Waals surface area contributed by atoms with Crippen molar-refractivity contribution in [2.45, 2.75) is 32.4 Å². The molecule has 0 aromatic heterocycles. The van der Waals surface area contributed by atoms with Crippen LogP contribution in [0.1, 0.15) is 32.4 Å². The number of carbonyl (C=O) groups is 2. The molecule has 0 unspecified atom stereocenters. The third-order valence-electron chi connectivity index (χ3n) is 2.66. The number of rotatable bonds is 4. The van der Waals surface area contributed by atoms with Crippen molar-refractivity contribution in [3.8, 4) is 5.75 Å². The van der Waals surface area contributed by atoms with Crippen LogP contribution in [0.25, 0.3) is 0 Å². The monoisotopic (exact) mass is 547 g/mol. The molecule has 1 aromatic rings. The van der Waals surface area contributed by atoms with Gasteiger partial charge in [-0.05, 0) is 83.6 Å². The van der Waals surface area contributed by atoms with E-state index in [2.05, 4.69) is 50.5 Å². The second kappa shape index (κ2) is 8.36. The van der Waals surface area contributed by atoms with Crippen molar-refractivity contribution in [3.63, 3.8) is 0 Å². The largest absolute Gasteiger partial charge is 0.495 e. The molecule has 128 valence electrons. The van der Waals surface area contributed by atoms with E-state index >= 15 is 0 Å². The van der Waals surface area contributed by atoms with Crippen molar-refractivity contribution >= 4 is 57.2 Å². The Balaban J connectivity index is 3.13. The van der Waals surface area contributed by atoms with Gasteiger partial charge in [0.25, 0.3) is 0 Å². The molecule has 1 atom stereocenters. The molecule has 1 aromatic carbocycles. The molecule has 8 heteroatoms. The number of hydrogen-bond acceptors (Lipinski definition) is 5. The van der Waals surface area contributed by atoms with Crippen LogP contribution in [-0.4, -0.2) is 31.9 Å². The van der Waals surface area contributed by atoms with E-state index in [4.69, 9.17) is 14.2 Å². The highest BCUT2D eigenvalue weighted by Gasteiger charge is 2.27.